The molecular formula is C11H7FN2O. The molecular weight excluding hydrogens is 195 g/mol. The van der Waals surface area contributed by atoms with Gasteiger partial charge in [0.15, 0.2) is 6.29 Å². The first kappa shape index (κ1) is 9.45. The van der Waals surface area contributed by atoms with Crippen molar-refractivity contribution in [3.63, 3.8) is 0 Å². The van der Waals surface area contributed by atoms with Gasteiger partial charge in [0.05, 0.1) is 0 Å². The van der Waals surface area contributed by atoms with Gasteiger partial charge in [-0.15, -0.1) is 0 Å². The molecule has 0 aromatic carbocycles. The molecule has 0 saturated carbocycles. The molecule has 0 fully saturated rings. The summed E-state index contributed by atoms with van der Waals surface area (Å²) in [5, 5.41) is 0. The molecule has 0 bridgehead atoms. The summed E-state index contributed by atoms with van der Waals surface area (Å²) in [5.41, 5.74) is 1.41. The third-order valence-electron chi connectivity index (χ3n) is 1.97. The van der Waals surface area contributed by atoms with Gasteiger partial charge in [-0.2, -0.15) is 4.39 Å². The number of halogens is 1. The van der Waals surface area contributed by atoms with E-state index in [1.54, 1.807) is 24.5 Å². The zero-order valence-corrected chi connectivity index (χ0v) is 7.72. The van der Waals surface area contributed by atoms with Gasteiger partial charge in [0, 0.05) is 23.5 Å². The summed E-state index contributed by atoms with van der Waals surface area (Å²) in [4.78, 5) is 18.1. The lowest BCUT2D eigenvalue weighted by atomic mass is 10.1. The fraction of sp³-hybridized carbons (Fsp3) is 0. The normalized spacial score (nSPS) is 9.93. The lowest BCUT2D eigenvalue weighted by Crippen LogP contribution is -1.95. The van der Waals surface area contributed by atoms with Crippen molar-refractivity contribution < 1.29 is 9.18 Å². The average Bonchev–Trinajstić information content (AvgIpc) is 2.30. The predicted molar refractivity (Wildman–Crippen MR) is 52.8 cm³/mol. The molecule has 15 heavy (non-hydrogen) atoms. The number of aromatic nitrogens is 2. The van der Waals surface area contributed by atoms with E-state index in [2.05, 4.69) is 9.97 Å². The fourth-order valence-corrected chi connectivity index (χ4v) is 1.31. The van der Waals surface area contributed by atoms with Crippen LogP contribution in [0.25, 0.3) is 11.1 Å². The number of carbonyl (C=O) groups is 1. The summed E-state index contributed by atoms with van der Waals surface area (Å²) in [6.07, 6.45) is 3.76. The third-order valence-corrected chi connectivity index (χ3v) is 1.97. The predicted octanol–water partition coefficient (Wildman–Crippen LogP) is 2.10. The molecule has 74 valence electrons. The Hall–Kier alpha value is -2.10. The van der Waals surface area contributed by atoms with Crippen LogP contribution in [0.4, 0.5) is 4.39 Å². The lowest BCUT2D eigenvalue weighted by Gasteiger charge is -2.02. The minimum Gasteiger partial charge on any atom is -0.296 e. The van der Waals surface area contributed by atoms with Crippen LogP contribution in [0.15, 0.2) is 36.7 Å². The molecule has 0 radical (unpaired) electrons. The van der Waals surface area contributed by atoms with Crippen LogP contribution < -0.4 is 0 Å². The second-order valence-electron chi connectivity index (χ2n) is 2.93. The topological polar surface area (TPSA) is 42.9 Å². The highest BCUT2D eigenvalue weighted by molar-refractivity contribution is 5.84. The van der Waals surface area contributed by atoms with Crippen molar-refractivity contribution in [2.45, 2.75) is 0 Å². The summed E-state index contributed by atoms with van der Waals surface area (Å²) in [6, 6.07) is 6.26. The van der Waals surface area contributed by atoms with Crippen molar-refractivity contribution >= 4 is 6.29 Å². The largest absolute Gasteiger partial charge is 0.296 e. The Morgan fingerprint density at radius 3 is 2.80 bits per heavy atom. The van der Waals surface area contributed by atoms with Crippen molar-refractivity contribution in [3.8, 4) is 11.1 Å². The van der Waals surface area contributed by atoms with E-state index < -0.39 is 5.95 Å². The highest BCUT2D eigenvalue weighted by atomic mass is 19.1. The Balaban J connectivity index is 2.58. The number of nitrogens with zero attached hydrogens (tertiary/aromatic N) is 2. The SMILES string of the molecule is O=Cc1nc(F)ccc1-c1cccnc1. The van der Waals surface area contributed by atoms with Gasteiger partial charge in [-0.1, -0.05) is 6.07 Å². The van der Waals surface area contributed by atoms with Crippen LogP contribution in [0.2, 0.25) is 0 Å². The van der Waals surface area contributed by atoms with Crippen LogP contribution in [-0.2, 0) is 0 Å². The number of pyridine rings is 2. The van der Waals surface area contributed by atoms with Gasteiger partial charge in [0.2, 0.25) is 5.95 Å². The maximum absolute atomic E-state index is 12.8. The second-order valence-corrected chi connectivity index (χ2v) is 2.93. The molecule has 0 atom stereocenters. The maximum atomic E-state index is 12.8. The summed E-state index contributed by atoms with van der Waals surface area (Å²) in [6.45, 7) is 0. The minimum absolute atomic E-state index is 0.0861. The number of carbonyl (C=O) groups excluding carboxylic acids is 1. The molecule has 0 N–H and O–H groups in total. The van der Waals surface area contributed by atoms with E-state index >= 15 is 0 Å². The van der Waals surface area contributed by atoms with Gasteiger partial charge in [-0.3, -0.25) is 9.78 Å². The number of rotatable bonds is 2. The van der Waals surface area contributed by atoms with Crippen LogP contribution in [0, 0.1) is 5.95 Å². The fourth-order valence-electron chi connectivity index (χ4n) is 1.31. The highest BCUT2D eigenvalue weighted by Gasteiger charge is 2.06. The molecule has 0 spiro atoms. The van der Waals surface area contributed by atoms with Gasteiger partial charge in [-0.05, 0) is 18.2 Å². The van der Waals surface area contributed by atoms with Crippen molar-refractivity contribution in [2.75, 3.05) is 0 Å². The molecule has 3 nitrogen and oxygen atoms in total. The zero-order valence-electron chi connectivity index (χ0n) is 7.72. The highest BCUT2D eigenvalue weighted by Crippen LogP contribution is 2.20. The average molecular weight is 202 g/mol. The molecule has 0 saturated heterocycles. The number of hydrogen-bond acceptors (Lipinski definition) is 3. The molecule has 2 heterocycles. The molecule has 2 aromatic heterocycles. The molecule has 2 aromatic rings. The summed E-state index contributed by atoms with van der Waals surface area (Å²) >= 11 is 0. The van der Waals surface area contributed by atoms with Crippen LogP contribution >= 0.6 is 0 Å². The molecule has 0 aliphatic carbocycles. The molecule has 0 amide bonds. The number of aldehydes is 1. The standard InChI is InChI=1S/C11H7FN2O/c12-11-4-3-9(10(7-15)14-11)8-2-1-5-13-6-8/h1-7H. The summed E-state index contributed by atoms with van der Waals surface area (Å²) in [5.74, 6) is -0.662. The van der Waals surface area contributed by atoms with Gasteiger partial charge < -0.3 is 0 Å². The van der Waals surface area contributed by atoms with Crippen LogP contribution in [0.5, 0.6) is 0 Å². The van der Waals surface area contributed by atoms with Crippen molar-refractivity contribution in [2.24, 2.45) is 0 Å². The van der Waals surface area contributed by atoms with E-state index in [-0.39, 0.29) is 5.69 Å². The molecule has 0 aliphatic rings. The quantitative estimate of drug-likeness (QED) is 0.553. The second kappa shape index (κ2) is 3.96. The van der Waals surface area contributed by atoms with Gasteiger partial charge >= 0.3 is 0 Å². The Kier molecular flexibility index (Phi) is 2.49. The third kappa shape index (κ3) is 1.88. The van der Waals surface area contributed by atoms with E-state index in [1.807, 2.05) is 0 Å². The smallest absolute Gasteiger partial charge is 0.213 e. The Labute approximate surface area is 85.6 Å². The van der Waals surface area contributed by atoms with Crippen LogP contribution in [0.3, 0.4) is 0 Å². The number of hydrogen-bond donors (Lipinski definition) is 0. The van der Waals surface area contributed by atoms with Crippen LogP contribution in [0.1, 0.15) is 10.5 Å². The Bertz CT molecular complexity index is 485. The summed E-state index contributed by atoms with van der Waals surface area (Å²) in [7, 11) is 0. The van der Waals surface area contributed by atoms with E-state index in [9.17, 15) is 9.18 Å². The van der Waals surface area contributed by atoms with E-state index in [1.165, 1.54) is 12.1 Å². The first-order valence-corrected chi connectivity index (χ1v) is 4.33. The lowest BCUT2D eigenvalue weighted by molar-refractivity contribution is 0.111. The van der Waals surface area contributed by atoms with Crippen LogP contribution in [-0.4, -0.2) is 16.3 Å². The first-order chi connectivity index (χ1) is 7.31. The Morgan fingerprint density at radius 1 is 1.27 bits per heavy atom. The maximum Gasteiger partial charge on any atom is 0.213 e. The minimum atomic E-state index is -0.662. The molecule has 4 heteroatoms. The Morgan fingerprint density at radius 2 is 2.13 bits per heavy atom. The van der Waals surface area contributed by atoms with Gasteiger partial charge in [0.1, 0.15) is 5.69 Å². The summed E-state index contributed by atoms with van der Waals surface area (Å²) < 4.78 is 12.8. The van der Waals surface area contributed by atoms with E-state index in [0.29, 0.717) is 11.8 Å². The van der Waals surface area contributed by atoms with Gasteiger partial charge in [0.25, 0.3) is 0 Å². The van der Waals surface area contributed by atoms with Crippen molar-refractivity contribution in [1.82, 2.24) is 9.97 Å². The molecule has 2 rings (SSSR count). The van der Waals surface area contributed by atoms with Gasteiger partial charge in [-0.25, -0.2) is 4.98 Å². The molecule has 0 aliphatic heterocycles. The van der Waals surface area contributed by atoms with E-state index in [4.69, 9.17) is 0 Å². The molecule has 0 unspecified atom stereocenters. The van der Waals surface area contributed by atoms with Crippen molar-refractivity contribution in [3.05, 3.63) is 48.3 Å². The zero-order chi connectivity index (χ0) is 10.7. The monoisotopic (exact) mass is 202 g/mol. The first-order valence-electron chi connectivity index (χ1n) is 4.33. The van der Waals surface area contributed by atoms with Crippen molar-refractivity contribution in [1.29, 1.82) is 0 Å². The van der Waals surface area contributed by atoms with E-state index in [0.717, 1.165) is 5.56 Å².